The second-order valence-corrected chi connectivity index (χ2v) is 8.26. The molecule has 0 saturated carbocycles. The Labute approximate surface area is 199 Å². The maximum atomic E-state index is 6.02. The van der Waals surface area contributed by atoms with Gasteiger partial charge in [0.15, 0.2) is 5.82 Å². The van der Waals surface area contributed by atoms with E-state index in [1.807, 2.05) is 24.3 Å². The van der Waals surface area contributed by atoms with Crippen molar-refractivity contribution in [3.8, 4) is 5.88 Å². The number of hydrogen-bond acceptors (Lipinski definition) is 9. The van der Waals surface area contributed by atoms with Crippen molar-refractivity contribution in [3.05, 3.63) is 54.4 Å². The zero-order valence-corrected chi connectivity index (χ0v) is 19.2. The molecule has 0 radical (unpaired) electrons. The van der Waals surface area contributed by atoms with Gasteiger partial charge in [0, 0.05) is 38.8 Å². The average Bonchev–Trinajstić information content (AvgIpc) is 2.90. The van der Waals surface area contributed by atoms with Crippen LogP contribution in [0.15, 0.2) is 53.6 Å². The minimum atomic E-state index is 0.499. The zero-order valence-electron chi connectivity index (χ0n) is 19.2. The molecule has 3 aromatic rings. The van der Waals surface area contributed by atoms with Gasteiger partial charge in [-0.1, -0.05) is 30.3 Å². The predicted molar refractivity (Wildman–Crippen MR) is 133 cm³/mol. The number of ether oxygens (including phenoxy) is 3. The van der Waals surface area contributed by atoms with Crippen LogP contribution >= 0.6 is 0 Å². The first-order valence-electron chi connectivity index (χ1n) is 11.8. The summed E-state index contributed by atoms with van der Waals surface area (Å²) in [6, 6.07) is 16.3. The second kappa shape index (κ2) is 11.2. The summed E-state index contributed by atoms with van der Waals surface area (Å²) in [7, 11) is 0. The standard InChI is InChI=1S/C25H30N6O3/c1-2-4-21-17-22(6-5-20(21)3-1)29-26-19-23-27-24(31-10-14-33-15-11-31)18-25(28-23)34-16-9-30-7-12-32-13-8-30/h1-6,17-19,29H,7-16H2/b26-19+. The summed E-state index contributed by atoms with van der Waals surface area (Å²) in [5, 5.41) is 6.73. The molecule has 0 amide bonds. The molecule has 34 heavy (non-hydrogen) atoms. The number of hydrogen-bond donors (Lipinski definition) is 1. The molecule has 178 valence electrons. The van der Waals surface area contributed by atoms with Crippen LogP contribution in [-0.2, 0) is 9.47 Å². The molecule has 2 saturated heterocycles. The third kappa shape index (κ3) is 5.99. The van der Waals surface area contributed by atoms with Gasteiger partial charge in [0.2, 0.25) is 5.88 Å². The highest BCUT2D eigenvalue weighted by atomic mass is 16.5. The highest BCUT2D eigenvalue weighted by Gasteiger charge is 2.16. The van der Waals surface area contributed by atoms with E-state index in [9.17, 15) is 0 Å². The van der Waals surface area contributed by atoms with Crippen molar-refractivity contribution in [2.45, 2.75) is 0 Å². The molecule has 0 bridgehead atoms. The van der Waals surface area contributed by atoms with E-state index >= 15 is 0 Å². The van der Waals surface area contributed by atoms with Gasteiger partial charge in [0.25, 0.3) is 0 Å². The molecule has 1 aromatic heterocycles. The van der Waals surface area contributed by atoms with Crippen molar-refractivity contribution in [2.75, 3.05) is 76.1 Å². The van der Waals surface area contributed by atoms with Gasteiger partial charge in [0.1, 0.15) is 12.4 Å². The normalized spacial score (nSPS) is 17.4. The van der Waals surface area contributed by atoms with Crippen molar-refractivity contribution in [1.29, 1.82) is 0 Å². The number of aromatic nitrogens is 2. The Hall–Kier alpha value is -3.27. The Morgan fingerprint density at radius 3 is 2.50 bits per heavy atom. The van der Waals surface area contributed by atoms with E-state index in [1.165, 1.54) is 5.39 Å². The molecular weight excluding hydrogens is 432 g/mol. The Morgan fingerprint density at radius 1 is 0.912 bits per heavy atom. The van der Waals surface area contributed by atoms with Crippen molar-refractivity contribution in [1.82, 2.24) is 14.9 Å². The summed E-state index contributed by atoms with van der Waals surface area (Å²) >= 11 is 0. The molecule has 0 spiro atoms. The molecule has 9 heteroatoms. The number of hydrazone groups is 1. The van der Waals surface area contributed by atoms with Gasteiger partial charge in [-0.15, -0.1) is 0 Å². The molecule has 2 aromatic carbocycles. The molecule has 0 unspecified atom stereocenters. The minimum Gasteiger partial charge on any atom is -0.476 e. The molecule has 3 heterocycles. The van der Waals surface area contributed by atoms with Crippen LogP contribution in [0.2, 0.25) is 0 Å². The number of morpholine rings is 2. The van der Waals surface area contributed by atoms with Gasteiger partial charge in [-0.3, -0.25) is 10.3 Å². The summed E-state index contributed by atoms with van der Waals surface area (Å²) in [4.78, 5) is 13.8. The van der Waals surface area contributed by atoms with Crippen molar-refractivity contribution in [3.63, 3.8) is 0 Å². The third-order valence-corrected chi connectivity index (χ3v) is 5.93. The number of fused-ring (bicyclic) bond motifs is 1. The first-order valence-corrected chi connectivity index (χ1v) is 11.8. The van der Waals surface area contributed by atoms with Gasteiger partial charge < -0.3 is 19.1 Å². The summed E-state index contributed by atoms with van der Waals surface area (Å²) in [5.41, 5.74) is 3.99. The van der Waals surface area contributed by atoms with E-state index in [0.29, 0.717) is 31.5 Å². The molecular formula is C25H30N6O3. The van der Waals surface area contributed by atoms with Crippen molar-refractivity contribution < 1.29 is 14.2 Å². The Morgan fingerprint density at radius 2 is 1.68 bits per heavy atom. The number of nitrogens with one attached hydrogen (secondary N) is 1. The lowest BCUT2D eigenvalue weighted by atomic mass is 10.1. The van der Waals surface area contributed by atoms with Crippen LogP contribution in [0.4, 0.5) is 11.5 Å². The average molecular weight is 463 g/mol. The Bertz CT molecular complexity index is 1110. The van der Waals surface area contributed by atoms with Gasteiger partial charge in [-0.05, 0) is 22.9 Å². The lowest BCUT2D eigenvalue weighted by Gasteiger charge is -2.28. The lowest BCUT2D eigenvalue weighted by molar-refractivity contribution is 0.0320. The highest BCUT2D eigenvalue weighted by Crippen LogP contribution is 2.20. The fourth-order valence-corrected chi connectivity index (χ4v) is 4.04. The zero-order chi connectivity index (χ0) is 23.0. The van der Waals surface area contributed by atoms with Crippen LogP contribution in [0.3, 0.4) is 0 Å². The van der Waals surface area contributed by atoms with Crippen LogP contribution in [0.25, 0.3) is 10.8 Å². The quantitative estimate of drug-likeness (QED) is 0.404. The number of nitrogens with zero attached hydrogens (tertiary/aromatic N) is 5. The first-order chi connectivity index (χ1) is 16.8. The van der Waals surface area contributed by atoms with Gasteiger partial charge in [-0.2, -0.15) is 10.1 Å². The smallest absolute Gasteiger partial charge is 0.219 e. The summed E-state index contributed by atoms with van der Waals surface area (Å²) < 4.78 is 16.9. The summed E-state index contributed by atoms with van der Waals surface area (Å²) in [6.07, 6.45) is 1.63. The lowest BCUT2D eigenvalue weighted by Crippen LogP contribution is -2.38. The maximum Gasteiger partial charge on any atom is 0.219 e. The van der Waals surface area contributed by atoms with Gasteiger partial charge in [-0.25, -0.2) is 4.98 Å². The van der Waals surface area contributed by atoms with E-state index in [0.717, 1.165) is 62.8 Å². The summed E-state index contributed by atoms with van der Waals surface area (Å²) in [6.45, 7) is 7.77. The van der Waals surface area contributed by atoms with Crippen LogP contribution in [-0.4, -0.2) is 86.8 Å². The van der Waals surface area contributed by atoms with Gasteiger partial charge >= 0.3 is 0 Å². The van der Waals surface area contributed by atoms with Crippen LogP contribution < -0.4 is 15.1 Å². The molecule has 9 nitrogen and oxygen atoms in total. The number of anilines is 2. The fourth-order valence-electron chi connectivity index (χ4n) is 4.04. The molecule has 2 aliphatic rings. The topological polar surface area (TPSA) is 84.3 Å². The SMILES string of the molecule is C(=N\Nc1ccc2ccccc2c1)/c1nc(OCCN2CCOCC2)cc(N2CCOCC2)n1. The fraction of sp³-hybridized carbons (Fsp3) is 0.400. The monoisotopic (exact) mass is 462 g/mol. The van der Waals surface area contributed by atoms with Crippen molar-refractivity contribution >= 4 is 28.5 Å². The molecule has 2 fully saturated rings. The van der Waals surface area contributed by atoms with Gasteiger partial charge in [0.05, 0.1) is 38.3 Å². The largest absolute Gasteiger partial charge is 0.476 e. The second-order valence-electron chi connectivity index (χ2n) is 8.26. The predicted octanol–water partition coefficient (Wildman–Crippen LogP) is 2.62. The molecule has 5 rings (SSSR count). The maximum absolute atomic E-state index is 6.02. The highest BCUT2D eigenvalue weighted by molar-refractivity contribution is 5.86. The molecule has 2 aliphatic heterocycles. The van der Waals surface area contributed by atoms with Crippen LogP contribution in [0.1, 0.15) is 5.82 Å². The van der Waals surface area contributed by atoms with E-state index in [1.54, 1.807) is 6.21 Å². The molecule has 0 aliphatic carbocycles. The van der Waals surface area contributed by atoms with E-state index in [-0.39, 0.29) is 0 Å². The third-order valence-electron chi connectivity index (χ3n) is 5.93. The number of benzene rings is 2. The van der Waals surface area contributed by atoms with E-state index < -0.39 is 0 Å². The van der Waals surface area contributed by atoms with E-state index in [2.05, 4.69) is 49.6 Å². The molecule has 1 N–H and O–H groups in total. The van der Waals surface area contributed by atoms with E-state index in [4.69, 9.17) is 19.2 Å². The Kier molecular flexibility index (Phi) is 7.44. The number of rotatable bonds is 8. The minimum absolute atomic E-state index is 0.499. The first kappa shape index (κ1) is 22.5. The molecule has 0 atom stereocenters. The Balaban J connectivity index is 1.28. The van der Waals surface area contributed by atoms with Crippen LogP contribution in [0.5, 0.6) is 5.88 Å². The summed E-state index contributed by atoms with van der Waals surface area (Å²) in [5.74, 6) is 1.88. The van der Waals surface area contributed by atoms with Crippen molar-refractivity contribution in [2.24, 2.45) is 5.10 Å². The van der Waals surface area contributed by atoms with Crippen LogP contribution in [0, 0.1) is 0 Å².